The molecule has 0 amide bonds. The van der Waals surface area contributed by atoms with Crippen molar-refractivity contribution in [3.05, 3.63) is 106 Å². The molecule has 0 N–H and O–H groups in total. The highest BCUT2D eigenvalue weighted by Gasteiger charge is 2.61. The second-order valence-corrected chi connectivity index (χ2v) is 24.5. The van der Waals surface area contributed by atoms with E-state index >= 15 is 0 Å². The molecule has 2 atom stereocenters. The molecule has 3 aromatic carbocycles. The third kappa shape index (κ3) is 4.21. The van der Waals surface area contributed by atoms with Gasteiger partial charge in [-0.3, -0.25) is 0 Å². The van der Waals surface area contributed by atoms with Crippen molar-refractivity contribution in [1.29, 1.82) is 0 Å². The second kappa shape index (κ2) is 9.66. The van der Waals surface area contributed by atoms with Gasteiger partial charge in [0.2, 0.25) is 11.2 Å². The van der Waals surface area contributed by atoms with Crippen molar-refractivity contribution in [3.8, 4) is 43.8 Å². The minimum absolute atomic E-state index is 1.03. The minimum Gasteiger partial charge on any atom is -0.205 e. The van der Waals surface area contributed by atoms with Crippen LogP contribution in [0.3, 0.4) is 0 Å². The summed E-state index contributed by atoms with van der Waals surface area (Å²) in [5.41, 5.74) is 11.7. The van der Waals surface area contributed by atoms with Crippen molar-refractivity contribution < 1.29 is 9.78 Å². The summed E-state index contributed by atoms with van der Waals surface area (Å²) in [7, 11) is -3.61. The fourth-order valence-corrected chi connectivity index (χ4v) is 8.70. The Bertz CT molecular complexity index is 1830. The normalized spacial score (nSPS) is 20.7. The zero-order valence-corrected chi connectivity index (χ0v) is 28.3. The predicted molar refractivity (Wildman–Crippen MR) is 183 cm³/mol. The molecule has 42 heavy (non-hydrogen) atoms. The average Bonchev–Trinajstić information content (AvgIpc) is 3.69. The summed E-state index contributed by atoms with van der Waals surface area (Å²) in [6.45, 7) is 13.7. The lowest BCUT2D eigenvalue weighted by molar-refractivity contribution is -0.401. The summed E-state index contributed by atoms with van der Waals surface area (Å²) in [6.07, 6.45) is 0. The Kier molecular flexibility index (Phi) is 6.35. The van der Waals surface area contributed by atoms with Crippen LogP contribution in [-0.2, 0) is 21.0 Å². The SMILES string of the molecule is C[Si](C)(C)C#C[C@]12OO[C@](C#C[Si](C)(C)C)(c3ccccc31)c1c2c(-c2cccs2)c2ccccc2c1-c1cccs1. The van der Waals surface area contributed by atoms with Gasteiger partial charge in [0.15, 0.2) is 0 Å². The molecule has 0 fully saturated rings. The van der Waals surface area contributed by atoms with Crippen LogP contribution in [0.25, 0.3) is 31.7 Å². The standard InChI is InChI=1S/C36H32O2S2Si2/c1-41(2,3)23-19-35-27-15-9-10-16-28(27)36(38-37-35,20-24-42(4,5)6)34-32(30-18-12-22-40-30)26-14-8-7-13-25(26)31(33(34)35)29-17-11-21-39-29/h7-18,21-22H,1-6H3/t35-,36+. The van der Waals surface area contributed by atoms with E-state index in [0.717, 1.165) is 33.4 Å². The Balaban J connectivity index is 1.78. The highest BCUT2D eigenvalue weighted by Crippen LogP contribution is 2.63. The van der Waals surface area contributed by atoms with Gasteiger partial charge in [-0.1, -0.05) is 112 Å². The number of hydrogen-bond donors (Lipinski definition) is 0. The molecular formula is C36H32O2S2Si2. The summed E-state index contributed by atoms with van der Waals surface area (Å²) in [5.74, 6) is 7.47. The molecule has 2 aliphatic heterocycles. The Morgan fingerprint density at radius 3 is 1.31 bits per heavy atom. The smallest absolute Gasteiger partial charge is 0.205 e. The fraction of sp³-hybridized carbons (Fsp3) is 0.222. The molecule has 1 aliphatic carbocycles. The van der Waals surface area contributed by atoms with Crippen molar-refractivity contribution in [2.45, 2.75) is 50.5 Å². The fourth-order valence-electron chi connectivity index (χ4n) is 6.01. The van der Waals surface area contributed by atoms with Gasteiger partial charge >= 0.3 is 0 Å². The van der Waals surface area contributed by atoms with E-state index in [9.17, 15) is 0 Å². The quantitative estimate of drug-likeness (QED) is 0.112. The maximum Gasteiger partial charge on any atom is 0.215 e. The molecule has 208 valence electrons. The molecule has 2 nitrogen and oxygen atoms in total. The summed E-state index contributed by atoms with van der Waals surface area (Å²) in [6, 6.07) is 26.0. The van der Waals surface area contributed by atoms with Gasteiger partial charge in [0.1, 0.15) is 16.1 Å². The highest BCUT2D eigenvalue weighted by atomic mass is 32.1. The molecular weight excluding hydrogens is 585 g/mol. The summed E-state index contributed by atoms with van der Waals surface area (Å²) < 4.78 is 0. The van der Waals surface area contributed by atoms with Crippen LogP contribution in [0.5, 0.6) is 0 Å². The van der Waals surface area contributed by atoms with E-state index in [2.05, 4.69) is 146 Å². The van der Waals surface area contributed by atoms with E-state index in [1.54, 1.807) is 22.7 Å². The first-order chi connectivity index (χ1) is 20.0. The number of benzene rings is 3. The molecule has 2 bridgehead atoms. The van der Waals surface area contributed by atoms with E-state index in [0.29, 0.717) is 0 Å². The number of fused-ring (bicyclic) bond motifs is 2. The van der Waals surface area contributed by atoms with E-state index in [4.69, 9.17) is 9.78 Å². The Labute approximate surface area is 258 Å². The van der Waals surface area contributed by atoms with Crippen LogP contribution in [0.4, 0.5) is 0 Å². The summed E-state index contributed by atoms with van der Waals surface area (Å²) >= 11 is 3.50. The largest absolute Gasteiger partial charge is 0.215 e. The summed E-state index contributed by atoms with van der Waals surface area (Å²) in [5, 5.41) is 6.69. The van der Waals surface area contributed by atoms with Crippen molar-refractivity contribution in [2.75, 3.05) is 0 Å². The van der Waals surface area contributed by atoms with Gasteiger partial charge in [0, 0.05) is 43.1 Å². The lowest BCUT2D eigenvalue weighted by atomic mass is 9.63. The third-order valence-electron chi connectivity index (χ3n) is 7.66. The van der Waals surface area contributed by atoms with Gasteiger partial charge in [-0.15, -0.1) is 33.8 Å². The first kappa shape index (κ1) is 27.6. The molecule has 0 saturated heterocycles. The predicted octanol–water partition coefficient (Wildman–Crippen LogP) is 9.82. The topological polar surface area (TPSA) is 18.5 Å². The molecule has 2 aromatic heterocycles. The van der Waals surface area contributed by atoms with Crippen LogP contribution < -0.4 is 0 Å². The number of hydrogen-bond acceptors (Lipinski definition) is 4. The average molecular weight is 617 g/mol. The second-order valence-electron chi connectivity index (χ2n) is 13.1. The lowest BCUT2D eigenvalue weighted by Crippen LogP contribution is -2.52. The Morgan fingerprint density at radius 1 is 0.548 bits per heavy atom. The van der Waals surface area contributed by atoms with E-state index in [-0.39, 0.29) is 0 Å². The van der Waals surface area contributed by atoms with Crippen LogP contribution in [0, 0.1) is 22.9 Å². The van der Waals surface area contributed by atoms with Crippen LogP contribution in [0.1, 0.15) is 22.3 Å². The van der Waals surface area contributed by atoms with Gasteiger partial charge in [-0.05, 0) is 33.7 Å². The van der Waals surface area contributed by atoms with Crippen LogP contribution in [0.2, 0.25) is 39.3 Å². The molecule has 5 aromatic rings. The van der Waals surface area contributed by atoms with Gasteiger partial charge in [-0.2, -0.15) is 0 Å². The number of thiophene rings is 2. The van der Waals surface area contributed by atoms with Gasteiger partial charge < -0.3 is 0 Å². The zero-order chi connectivity index (χ0) is 29.3. The van der Waals surface area contributed by atoms with Crippen molar-refractivity contribution >= 4 is 49.6 Å². The van der Waals surface area contributed by atoms with Crippen LogP contribution in [0.15, 0.2) is 83.6 Å². The van der Waals surface area contributed by atoms with E-state index in [1.165, 1.54) is 20.5 Å². The third-order valence-corrected chi connectivity index (χ3v) is 11.2. The Morgan fingerprint density at radius 2 is 0.952 bits per heavy atom. The van der Waals surface area contributed by atoms with Crippen molar-refractivity contribution in [2.24, 2.45) is 0 Å². The maximum atomic E-state index is 6.71. The molecule has 3 aliphatic rings. The van der Waals surface area contributed by atoms with Crippen molar-refractivity contribution in [3.63, 3.8) is 0 Å². The van der Waals surface area contributed by atoms with E-state index < -0.39 is 27.3 Å². The zero-order valence-electron chi connectivity index (χ0n) is 24.7. The van der Waals surface area contributed by atoms with Crippen LogP contribution >= 0.6 is 22.7 Å². The maximum absolute atomic E-state index is 6.71. The first-order valence-electron chi connectivity index (χ1n) is 14.3. The molecule has 0 unspecified atom stereocenters. The molecule has 4 heterocycles. The Hall–Kier alpha value is -3.21. The molecule has 8 rings (SSSR count). The van der Waals surface area contributed by atoms with Crippen molar-refractivity contribution in [1.82, 2.24) is 0 Å². The molecule has 0 saturated carbocycles. The minimum atomic E-state index is -1.81. The van der Waals surface area contributed by atoms with Gasteiger partial charge in [0.05, 0.1) is 0 Å². The first-order valence-corrected chi connectivity index (χ1v) is 23.0. The monoisotopic (exact) mass is 616 g/mol. The summed E-state index contributed by atoms with van der Waals surface area (Å²) in [4.78, 5) is 15.8. The highest BCUT2D eigenvalue weighted by molar-refractivity contribution is 7.14. The lowest BCUT2D eigenvalue weighted by Gasteiger charge is -2.51. The molecule has 6 heteroatoms. The molecule has 0 radical (unpaired) electrons. The van der Waals surface area contributed by atoms with Gasteiger partial charge in [-0.25, -0.2) is 9.78 Å². The molecule has 0 spiro atoms. The van der Waals surface area contributed by atoms with Gasteiger partial charge in [0.25, 0.3) is 0 Å². The van der Waals surface area contributed by atoms with Crippen LogP contribution in [-0.4, -0.2) is 16.1 Å². The van der Waals surface area contributed by atoms with E-state index in [1.807, 2.05) is 0 Å². The number of rotatable bonds is 2.